The van der Waals surface area contributed by atoms with E-state index >= 15 is 0 Å². The van der Waals surface area contributed by atoms with Crippen molar-refractivity contribution in [2.45, 2.75) is 19.3 Å². The molecule has 1 amide bonds. The number of carbonyl (C=O) groups is 1. The molecule has 0 aromatic rings. The summed E-state index contributed by atoms with van der Waals surface area (Å²) < 4.78 is 0. The quantitative estimate of drug-likeness (QED) is 0.633. The van der Waals surface area contributed by atoms with Gasteiger partial charge in [0.05, 0.1) is 0 Å². The van der Waals surface area contributed by atoms with Crippen LogP contribution in [0.15, 0.2) is 0 Å². The first-order valence-electron chi connectivity index (χ1n) is 4.09. The molecule has 0 aromatic heterocycles. The maximum Gasteiger partial charge on any atom is 0.223 e. The van der Waals surface area contributed by atoms with Crippen LogP contribution in [0.25, 0.3) is 0 Å². The second-order valence-corrected chi connectivity index (χ2v) is 3.64. The second kappa shape index (κ2) is 4.00. The highest BCUT2D eigenvalue weighted by Crippen LogP contribution is 2.29. The van der Waals surface area contributed by atoms with Gasteiger partial charge in [-0.15, -0.1) is 0 Å². The summed E-state index contributed by atoms with van der Waals surface area (Å²) in [7, 11) is 1.88. The lowest BCUT2D eigenvalue weighted by atomic mass is 10.3. The maximum absolute atomic E-state index is 11.2. The third-order valence-electron chi connectivity index (χ3n) is 1.98. The minimum Gasteiger partial charge on any atom is -0.345 e. The maximum atomic E-state index is 11.2. The van der Waals surface area contributed by atoms with E-state index in [0.717, 1.165) is 12.5 Å². The Balaban J connectivity index is 2.15. The standard InChI is InChI=1S/C8H15NOS/c1-9(6-7-2-3-7)8(10)4-5-11/h7,11H,2-6H2,1H3. The molecule has 0 bridgehead atoms. The average Bonchev–Trinajstić information content (AvgIpc) is 2.72. The van der Waals surface area contributed by atoms with Crippen LogP contribution < -0.4 is 0 Å². The molecule has 0 atom stereocenters. The van der Waals surface area contributed by atoms with E-state index in [9.17, 15) is 4.79 Å². The number of nitrogens with zero attached hydrogens (tertiary/aromatic N) is 1. The lowest BCUT2D eigenvalue weighted by Crippen LogP contribution is -2.28. The van der Waals surface area contributed by atoms with Crippen LogP contribution in [-0.4, -0.2) is 30.2 Å². The molecule has 1 saturated carbocycles. The van der Waals surface area contributed by atoms with Crippen LogP contribution >= 0.6 is 12.6 Å². The topological polar surface area (TPSA) is 20.3 Å². The minimum atomic E-state index is 0.229. The first-order chi connectivity index (χ1) is 5.24. The summed E-state index contributed by atoms with van der Waals surface area (Å²) in [5, 5.41) is 0. The highest BCUT2D eigenvalue weighted by molar-refractivity contribution is 7.80. The summed E-state index contributed by atoms with van der Waals surface area (Å²) in [5.74, 6) is 1.68. The second-order valence-electron chi connectivity index (χ2n) is 3.19. The molecule has 2 nitrogen and oxygen atoms in total. The fourth-order valence-electron chi connectivity index (χ4n) is 1.08. The highest BCUT2D eigenvalue weighted by atomic mass is 32.1. The molecule has 0 spiro atoms. The third-order valence-corrected chi connectivity index (χ3v) is 2.20. The normalized spacial score (nSPS) is 16.5. The van der Waals surface area contributed by atoms with Crippen LogP contribution in [0, 0.1) is 5.92 Å². The van der Waals surface area contributed by atoms with E-state index in [2.05, 4.69) is 12.6 Å². The van der Waals surface area contributed by atoms with E-state index in [0.29, 0.717) is 12.2 Å². The van der Waals surface area contributed by atoms with Crippen LogP contribution in [0.5, 0.6) is 0 Å². The smallest absolute Gasteiger partial charge is 0.223 e. The van der Waals surface area contributed by atoms with Crippen molar-refractivity contribution >= 4 is 18.5 Å². The molecular formula is C8H15NOS. The van der Waals surface area contributed by atoms with Gasteiger partial charge in [0.25, 0.3) is 0 Å². The summed E-state index contributed by atoms with van der Waals surface area (Å²) in [4.78, 5) is 13.0. The van der Waals surface area contributed by atoms with Gasteiger partial charge in [-0.3, -0.25) is 4.79 Å². The SMILES string of the molecule is CN(CC1CC1)C(=O)CCS. The first-order valence-corrected chi connectivity index (χ1v) is 4.72. The number of thiol groups is 1. The van der Waals surface area contributed by atoms with Crippen molar-refractivity contribution in [2.75, 3.05) is 19.3 Å². The monoisotopic (exact) mass is 173 g/mol. The van der Waals surface area contributed by atoms with E-state index in [1.54, 1.807) is 0 Å². The van der Waals surface area contributed by atoms with Gasteiger partial charge in [-0.05, 0) is 24.5 Å². The molecule has 1 aliphatic rings. The third kappa shape index (κ3) is 3.14. The molecule has 3 heteroatoms. The van der Waals surface area contributed by atoms with Gasteiger partial charge in [-0.25, -0.2) is 0 Å². The van der Waals surface area contributed by atoms with Crippen LogP contribution in [-0.2, 0) is 4.79 Å². The van der Waals surface area contributed by atoms with Gasteiger partial charge < -0.3 is 4.90 Å². The Morgan fingerprint density at radius 2 is 2.27 bits per heavy atom. The number of amides is 1. The molecule has 11 heavy (non-hydrogen) atoms. The number of hydrogen-bond acceptors (Lipinski definition) is 2. The van der Waals surface area contributed by atoms with Gasteiger partial charge in [0.15, 0.2) is 0 Å². The van der Waals surface area contributed by atoms with E-state index in [4.69, 9.17) is 0 Å². The molecule has 0 unspecified atom stereocenters. The lowest BCUT2D eigenvalue weighted by molar-refractivity contribution is -0.129. The van der Waals surface area contributed by atoms with Crippen molar-refractivity contribution in [1.82, 2.24) is 4.90 Å². The van der Waals surface area contributed by atoms with E-state index in [-0.39, 0.29) is 5.91 Å². The van der Waals surface area contributed by atoms with Gasteiger partial charge in [0.1, 0.15) is 0 Å². The van der Waals surface area contributed by atoms with Crippen molar-refractivity contribution in [3.05, 3.63) is 0 Å². The molecule has 0 heterocycles. The first kappa shape index (κ1) is 8.91. The Bertz CT molecular complexity index is 145. The largest absolute Gasteiger partial charge is 0.345 e. The summed E-state index contributed by atoms with van der Waals surface area (Å²) in [6.07, 6.45) is 3.18. The summed E-state index contributed by atoms with van der Waals surface area (Å²) >= 11 is 4.01. The zero-order valence-corrected chi connectivity index (χ0v) is 7.81. The van der Waals surface area contributed by atoms with Gasteiger partial charge in [0, 0.05) is 20.0 Å². The Morgan fingerprint density at radius 1 is 1.64 bits per heavy atom. The van der Waals surface area contributed by atoms with Crippen LogP contribution in [0.3, 0.4) is 0 Å². The molecule has 64 valence electrons. The van der Waals surface area contributed by atoms with Crippen molar-refractivity contribution in [3.63, 3.8) is 0 Å². The summed E-state index contributed by atoms with van der Waals surface area (Å²) in [6, 6.07) is 0. The summed E-state index contributed by atoms with van der Waals surface area (Å²) in [5.41, 5.74) is 0. The Morgan fingerprint density at radius 3 is 2.73 bits per heavy atom. The molecule has 1 aliphatic carbocycles. The van der Waals surface area contributed by atoms with Crippen LogP contribution in [0.1, 0.15) is 19.3 Å². The zero-order chi connectivity index (χ0) is 8.27. The number of rotatable bonds is 4. The van der Waals surface area contributed by atoms with E-state index < -0.39 is 0 Å². The minimum absolute atomic E-state index is 0.229. The predicted octanol–water partition coefficient (Wildman–Crippen LogP) is 1.17. The molecule has 0 N–H and O–H groups in total. The number of hydrogen-bond donors (Lipinski definition) is 1. The Hall–Kier alpha value is -0.180. The van der Waals surface area contributed by atoms with Crippen LogP contribution in [0.2, 0.25) is 0 Å². The van der Waals surface area contributed by atoms with E-state index in [1.807, 2.05) is 11.9 Å². The van der Waals surface area contributed by atoms with Gasteiger partial charge in [0.2, 0.25) is 5.91 Å². The van der Waals surface area contributed by atoms with Gasteiger partial charge >= 0.3 is 0 Å². The fourth-order valence-corrected chi connectivity index (χ4v) is 1.27. The van der Waals surface area contributed by atoms with E-state index in [1.165, 1.54) is 12.8 Å². The molecule has 1 rings (SSSR count). The molecular weight excluding hydrogens is 158 g/mol. The average molecular weight is 173 g/mol. The summed E-state index contributed by atoms with van der Waals surface area (Å²) in [6.45, 7) is 0.951. The fraction of sp³-hybridized carbons (Fsp3) is 0.875. The molecule has 0 aliphatic heterocycles. The highest BCUT2D eigenvalue weighted by Gasteiger charge is 2.24. The zero-order valence-electron chi connectivity index (χ0n) is 6.92. The van der Waals surface area contributed by atoms with Crippen molar-refractivity contribution in [3.8, 4) is 0 Å². The van der Waals surface area contributed by atoms with Crippen LogP contribution in [0.4, 0.5) is 0 Å². The van der Waals surface area contributed by atoms with Crippen molar-refractivity contribution in [2.24, 2.45) is 5.92 Å². The molecule has 1 fully saturated rings. The van der Waals surface area contributed by atoms with Crippen molar-refractivity contribution < 1.29 is 4.79 Å². The lowest BCUT2D eigenvalue weighted by Gasteiger charge is -2.15. The molecule has 0 aromatic carbocycles. The van der Waals surface area contributed by atoms with Gasteiger partial charge in [-0.2, -0.15) is 12.6 Å². The number of carbonyl (C=O) groups excluding carboxylic acids is 1. The van der Waals surface area contributed by atoms with Crippen molar-refractivity contribution in [1.29, 1.82) is 0 Å². The molecule has 0 radical (unpaired) electrons. The van der Waals surface area contributed by atoms with Gasteiger partial charge in [-0.1, -0.05) is 0 Å². The Labute approximate surface area is 73.4 Å². The predicted molar refractivity (Wildman–Crippen MR) is 48.8 cm³/mol. The molecule has 0 saturated heterocycles. The Kier molecular flexibility index (Phi) is 3.24.